The molecule has 1 heterocycles. The highest BCUT2D eigenvalue weighted by atomic mass is 16.5. The van der Waals surface area contributed by atoms with E-state index in [-0.39, 0.29) is 5.97 Å². The van der Waals surface area contributed by atoms with Crippen LogP contribution in [0.15, 0.2) is 54.6 Å². The third-order valence-electron chi connectivity index (χ3n) is 4.52. The van der Waals surface area contributed by atoms with Gasteiger partial charge >= 0.3 is 5.97 Å². The van der Waals surface area contributed by atoms with E-state index < -0.39 is 0 Å². The Balaban J connectivity index is 2.05. The fraction of sp³-hybridized carbons (Fsp3) is 0.261. The third kappa shape index (κ3) is 4.66. The van der Waals surface area contributed by atoms with Gasteiger partial charge in [0.15, 0.2) is 0 Å². The van der Waals surface area contributed by atoms with Crippen LogP contribution < -0.4 is 4.74 Å². The molecule has 0 bridgehead atoms. The lowest BCUT2D eigenvalue weighted by Gasteiger charge is -2.13. The van der Waals surface area contributed by atoms with E-state index in [1.54, 1.807) is 6.08 Å². The first-order chi connectivity index (χ1) is 13.1. The molecule has 0 amide bonds. The van der Waals surface area contributed by atoms with Crippen molar-refractivity contribution in [1.82, 2.24) is 4.90 Å². The van der Waals surface area contributed by atoms with Gasteiger partial charge in [-0.05, 0) is 61.0 Å². The molecule has 0 saturated carbocycles. The minimum Gasteiger partial charge on any atom is -0.488 e. The Morgan fingerprint density at radius 3 is 2.78 bits per heavy atom. The summed E-state index contributed by atoms with van der Waals surface area (Å²) < 4.78 is 10.7. The number of benzene rings is 2. The number of rotatable bonds is 5. The van der Waals surface area contributed by atoms with E-state index in [1.807, 2.05) is 18.2 Å². The second kappa shape index (κ2) is 8.69. The average Bonchev–Trinajstić information content (AvgIpc) is 2.83. The standard InChI is InChI=1S/C23H25NO3/c1-24(2)14-6-9-20-19-8-5-4-7-18(19)16-27-22-12-10-17(15-21(20)22)11-13-23(25)26-3/h4-5,7-13,15H,6,14,16H2,1-3H3/b13-11+,20-9+. The first kappa shape index (κ1) is 18.9. The predicted octanol–water partition coefficient (Wildman–Crippen LogP) is 4.15. The van der Waals surface area contributed by atoms with Crippen LogP contribution in [-0.4, -0.2) is 38.6 Å². The topological polar surface area (TPSA) is 38.8 Å². The minimum absolute atomic E-state index is 0.367. The van der Waals surface area contributed by atoms with E-state index >= 15 is 0 Å². The lowest BCUT2D eigenvalue weighted by molar-refractivity contribution is -0.134. The van der Waals surface area contributed by atoms with Crippen LogP contribution in [0.1, 0.15) is 28.7 Å². The molecule has 4 heteroatoms. The van der Waals surface area contributed by atoms with Gasteiger partial charge in [-0.25, -0.2) is 4.79 Å². The Bertz CT molecular complexity index is 881. The van der Waals surface area contributed by atoms with Crippen molar-refractivity contribution in [3.63, 3.8) is 0 Å². The molecular formula is C23H25NO3. The molecule has 1 aliphatic heterocycles. The van der Waals surface area contributed by atoms with Gasteiger partial charge in [0, 0.05) is 18.2 Å². The summed E-state index contributed by atoms with van der Waals surface area (Å²) in [5.74, 6) is 0.491. The molecule has 0 fully saturated rings. The third-order valence-corrected chi connectivity index (χ3v) is 4.52. The zero-order chi connectivity index (χ0) is 19.2. The van der Waals surface area contributed by atoms with Crippen LogP contribution in [0.5, 0.6) is 5.75 Å². The fourth-order valence-corrected chi connectivity index (χ4v) is 3.12. The van der Waals surface area contributed by atoms with E-state index in [0.29, 0.717) is 6.61 Å². The summed E-state index contributed by atoms with van der Waals surface area (Å²) in [6, 6.07) is 14.3. The van der Waals surface area contributed by atoms with Crippen LogP contribution in [0.4, 0.5) is 0 Å². The van der Waals surface area contributed by atoms with Crippen LogP contribution in [0, 0.1) is 0 Å². The fourth-order valence-electron chi connectivity index (χ4n) is 3.12. The van der Waals surface area contributed by atoms with Crippen molar-refractivity contribution < 1.29 is 14.3 Å². The van der Waals surface area contributed by atoms with Gasteiger partial charge in [0.25, 0.3) is 0 Å². The van der Waals surface area contributed by atoms with Gasteiger partial charge in [-0.2, -0.15) is 0 Å². The zero-order valence-electron chi connectivity index (χ0n) is 16.1. The molecule has 0 aromatic heterocycles. The number of carbonyl (C=O) groups is 1. The number of hydrogen-bond donors (Lipinski definition) is 0. The van der Waals surface area contributed by atoms with E-state index in [4.69, 9.17) is 4.74 Å². The number of fused-ring (bicyclic) bond motifs is 2. The molecule has 0 spiro atoms. The lowest BCUT2D eigenvalue weighted by atomic mass is 9.92. The number of nitrogens with zero attached hydrogens (tertiary/aromatic N) is 1. The van der Waals surface area contributed by atoms with Gasteiger partial charge in [-0.15, -0.1) is 0 Å². The van der Waals surface area contributed by atoms with Gasteiger partial charge in [-0.1, -0.05) is 36.4 Å². The molecular weight excluding hydrogens is 338 g/mol. The van der Waals surface area contributed by atoms with E-state index in [0.717, 1.165) is 29.8 Å². The molecule has 0 aliphatic carbocycles. The number of esters is 1. The maximum absolute atomic E-state index is 11.4. The first-order valence-electron chi connectivity index (χ1n) is 9.05. The van der Waals surface area contributed by atoms with Crippen LogP contribution in [-0.2, 0) is 16.1 Å². The van der Waals surface area contributed by atoms with Gasteiger partial charge in [0.05, 0.1) is 7.11 Å². The van der Waals surface area contributed by atoms with Crippen LogP contribution in [0.2, 0.25) is 0 Å². The Hall–Kier alpha value is -2.85. The summed E-state index contributed by atoms with van der Waals surface area (Å²) in [4.78, 5) is 13.6. The highest BCUT2D eigenvalue weighted by Gasteiger charge is 2.19. The molecule has 1 aliphatic rings. The highest BCUT2D eigenvalue weighted by molar-refractivity contribution is 5.89. The number of carbonyl (C=O) groups excluding carboxylic acids is 1. The molecule has 0 saturated heterocycles. The molecule has 0 radical (unpaired) electrons. The zero-order valence-corrected chi connectivity index (χ0v) is 16.1. The maximum Gasteiger partial charge on any atom is 0.330 e. The van der Waals surface area contributed by atoms with Gasteiger partial charge < -0.3 is 14.4 Å². The average molecular weight is 363 g/mol. The molecule has 0 N–H and O–H groups in total. The van der Waals surface area contributed by atoms with Crippen molar-refractivity contribution in [3.05, 3.63) is 76.9 Å². The van der Waals surface area contributed by atoms with E-state index in [2.05, 4.69) is 54.1 Å². The van der Waals surface area contributed by atoms with Gasteiger partial charge in [0.2, 0.25) is 0 Å². The lowest BCUT2D eigenvalue weighted by Crippen LogP contribution is -2.12. The quantitative estimate of drug-likeness (QED) is 0.591. The van der Waals surface area contributed by atoms with Crippen molar-refractivity contribution in [2.24, 2.45) is 0 Å². The van der Waals surface area contributed by atoms with E-state index in [9.17, 15) is 4.79 Å². The summed E-state index contributed by atoms with van der Waals surface area (Å²) in [6.45, 7) is 1.52. The number of methoxy groups -OCH3 is 1. The molecule has 140 valence electrons. The molecule has 27 heavy (non-hydrogen) atoms. The smallest absolute Gasteiger partial charge is 0.330 e. The molecule has 0 unspecified atom stereocenters. The highest BCUT2D eigenvalue weighted by Crippen LogP contribution is 2.37. The maximum atomic E-state index is 11.4. The molecule has 2 aromatic rings. The van der Waals surface area contributed by atoms with Crippen molar-refractivity contribution >= 4 is 17.6 Å². The van der Waals surface area contributed by atoms with Gasteiger partial charge in [0.1, 0.15) is 12.4 Å². The minimum atomic E-state index is -0.367. The second-order valence-electron chi connectivity index (χ2n) is 6.77. The van der Waals surface area contributed by atoms with Crippen molar-refractivity contribution in [3.8, 4) is 5.75 Å². The molecule has 2 aromatic carbocycles. The summed E-state index contributed by atoms with van der Waals surface area (Å²) >= 11 is 0. The van der Waals surface area contributed by atoms with Crippen LogP contribution in [0.25, 0.3) is 11.6 Å². The van der Waals surface area contributed by atoms with Gasteiger partial charge in [-0.3, -0.25) is 0 Å². The normalized spacial score (nSPS) is 14.6. The Morgan fingerprint density at radius 2 is 2.00 bits per heavy atom. The summed E-state index contributed by atoms with van der Waals surface area (Å²) in [5.41, 5.74) is 5.53. The Labute approximate surface area is 160 Å². The van der Waals surface area contributed by atoms with Crippen LogP contribution in [0.3, 0.4) is 0 Å². The number of hydrogen-bond acceptors (Lipinski definition) is 4. The van der Waals surface area contributed by atoms with Crippen molar-refractivity contribution in [2.75, 3.05) is 27.7 Å². The Morgan fingerprint density at radius 1 is 1.19 bits per heavy atom. The van der Waals surface area contributed by atoms with E-state index in [1.165, 1.54) is 29.9 Å². The molecule has 3 rings (SSSR count). The SMILES string of the molecule is COC(=O)/C=C/c1ccc2c(c1)/C(=C/CCN(C)C)c1ccccc1CO2. The molecule has 0 atom stereocenters. The monoisotopic (exact) mass is 363 g/mol. The predicted molar refractivity (Wildman–Crippen MR) is 109 cm³/mol. The van der Waals surface area contributed by atoms with Crippen molar-refractivity contribution in [1.29, 1.82) is 0 Å². The second-order valence-corrected chi connectivity index (χ2v) is 6.77. The molecule has 4 nitrogen and oxygen atoms in total. The largest absolute Gasteiger partial charge is 0.488 e. The Kier molecular flexibility index (Phi) is 6.09. The first-order valence-corrected chi connectivity index (χ1v) is 9.05. The summed E-state index contributed by atoms with van der Waals surface area (Å²) in [5, 5.41) is 0. The van der Waals surface area contributed by atoms with Crippen molar-refractivity contribution in [2.45, 2.75) is 13.0 Å². The van der Waals surface area contributed by atoms with Crippen LogP contribution >= 0.6 is 0 Å². The summed E-state index contributed by atoms with van der Waals surface area (Å²) in [7, 11) is 5.53. The summed E-state index contributed by atoms with van der Waals surface area (Å²) in [6.07, 6.45) is 6.42. The number of ether oxygens (including phenoxy) is 2.